The molecule has 0 amide bonds. The van der Waals surface area contributed by atoms with Crippen molar-refractivity contribution in [2.24, 2.45) is 0 Å². The van der Waals surface area contributed by atoms with Crippen molar-refractivity contribution < 1.29 is 4.79 Å². The van der Waals surface area contributed by atoms with Crippen LogP contribution in [-0.4, -0.2) is 39.3 Å². The Balaban J connectivity index is 2.92. The van der Waals surface area contributed by atoms with E-state index < -0.39 is 5.38 Å². The van der Waals surface area contributed by atoms with Crippen LogP contribution in [-0.2, 0) is 6.54 Å². The molecule has 1 heterocycles. The van der Waals surface area contributed by atoms with Crippen molar-refractivity contribution in [2.75, 3.05) is 6.54 Å². The van der Waals surface area contributed by atoms with Crippen LogP contribution in [0.4, 0.5) is 0 Å². The second-order valence-corrected chi connectivity index (χ2v) is 7.00. The molecule has 21 heavy (non-hydrogen) atoms. The van der Waals surface area contributed by atoms with Crippen molar-refractivity contribution in [1.29, 1.82) is 0 Å². The van der Waals surface area contributed by atoms with Crippen LogP contribution in [0.1, 0.15) is 56.4 Å². The molecule has 4 heteroatoms. The van der Waals surface area contributed by atoms with Gasteiger partial charge in [0.1, 0.15) is 0 Å². The van der Waals surface area contributed by atoms with E-state index in [9.17, 15) is 4.79 Å². The van der Waals surface area contributed by atoms with Crippen LogP contribution in [0.2, 0.25) is 0 Å². The van der Waals surface area contributed by atoms with Crippen LogP contribution in [0, 0.1) is 13.8 Å². The summed E-state index contributed by atoms with van der Waals surface area (Å²) in [5.41, 5.74) is 2.91. The second-order valence-electron chi connectivity index (χ2n) is 6.34. The molecule has 1 atom stereocenters. The molecule has 1 rings (SSSR count). The van der Waals surface area contributed by atoms with Crippen LogP contribution < -0.4 is 0 Å². The SMILES string of the molecule is Cc1cc(C(=O)C(C)Cl)c(C)n1CCN(C(C)C)C(C)C. The molecule has 1 aromatic rings. The smallest absolute Gasteiger partial charge is 0.182 e. The van der Waals surface area contributed by atoms with Gasteiger partial charge in [0.05, 0.1) is 5.38 Å². The standard InChI is InChI=1S/C17H29ClN2O/c1-11(2)19(12(3)4)8-9-20-13(5)10-16(15(20)7)17(21)14(6)18/h10-12,14H,8-9H2,1-7H3. The summed E-state index contributed by atoms with van der Waals surface area (Å²) in [4.78, 5) is 14.6. The number of nitrogens with zero attached hydrogens (tertiary/aromatic N) is 2. The lowest BCUT2D eigenvalue weighted by molar-refractivity contribution is 0.0991. The average molecular weight is 313 g/mol. The van der Waals surface area contributed by atoms with Gasteiger partial charge in [0.2, 0.25) is 0 Å². The first kappa shape index (κ1) is 18.2. The molecule has 1 aromatic heterocycles. The van der Waals surface area contributed by atoms with E-state index in [0.717, 1.165) is 30.0 Å². The normalized spacial score (nSPS) is 13.5. The monoisotopic (exact) mass is 312 g/mol. The quantitative estimate of drug-likeness (QED) is 0.561. The van der Waals surface area contributed by atoms with Gasteiger partial charge >= 0.3 is 0 Å². The van der Waals surface area contributed by atoms with Crippen molar-refractivity contribution in [3.63, 3.8) is 0 Å². The van der Waals surface area contributed by atoms with Gasteiger partial charge in [-0.2, -0.15) is 0 Å². The molecule has 0 aliphatic heterocycles. The molecule has 0 saturated heterocycles. The second kappa shape index (κ2) is 7.46. The summed E-state index contributed by atoms with van der Waals surface area (Å²) >= 11 is 5.94. The van der Waals surface area contributed by atoms with E-state index >= 15 is 0 Å². The zero-order valence-electron chi connectivity index (χ0n) is 14.4. The molecule has 0 aromatic carbocycles. The van der Waals surface area contributed by atoms with Gasteiger partial charge in [-0.1, -0.05) is 0 Å². The van der Waals surface area contributed by atoms with Gasteiger partial charge < -0.3 is 4.57 Å². The Labute approximate surface area is 134 Å². The highest BCUT2D eigenvalue weighted by molar-refractivity contribution is 6.33. The van der Waals surface area contributed by atoms with Gasteiger partial charge in [0, 0.05) is 42.1 Å². The van der Waals surface area contributed by atoms with Crippen molar-refractivity contribution in [1.82, 2.24) is 9.47 Å². The van der Waals surface area contributed by atoms with Crippen molar-refractivity contribution in [2.45, 2.75) is 72.5 Å². The zero-order chi connectivity index (χ0) is 16.3. The first-order valence-corrected chi connectivity index (χ1v) is 8.21. The summed E-state index contributed by atoms with van der Waals surface area (Å²) in [5, 5.41) is -0.471. The minimum Gasteiger partial charge on any atom is -0.347 e. The lowest BCUT2D eigenvalue weighted by Crippen LogP contribution is -2.39. The lowest BCUT2D eigenvalue weighted by Gasteiger charge is -2.31. The van der Waals surface area contributed by atoms with Crippen LogP contribution in [0.25, 0.3) is 0 Å². The van der Waals surface area contributed by atoms with Gasteiger partial charge in [-0.25, -0.2) is 0 Å². The largest absolute Gasteiger partial charge is 0.347 e. The Morgan fingerprint density at radius 3 is 2.14 bits per heavy atom. The number of hydrogen-bond donors (Lipinski definition) is 0. The van der Waals surface area contributed by atoms with Crippen molar-refractivity contribution >= 4 is 17.4 Å². The highest BCUT2D eigenvalue weighted by Crippen LogP contribution is 2.19. The molecule has 0 spiro atoms. The fraction of sp³-hybridized carbons (Fsp3) is 0.706. The third kappa shape index (κ3) is 4.33. The van der Waals surface area contributed by atoms with Crippen molar-refractivity contribution in [3.8, 4) is 0 Å². The number of halogens is 1. The van der Waals surface area contributed by atoms with Crippen molar-refractivity contribution in [3.05, 3.63) is 23.0 Å². The zero-order valence-corrected chi connectivity index (χ0v) is 15.2. The maximum absolute atomic E-state index is 12.1. The molecule has 0 aliphatic carbocycles. The number of carbonyl (C=O) groups is 1. The third-order valence-corrected chi connectivity index (χ3v) is 4.31. The molecule has 0 bridgehead atoms. The Kier molecular flexibility index (Phi) is 6.48. The molecule has 0 fully saturated rings. The van der Waals surface area contributed by atoms with Gasteiger partial charge in [-0.3, -0.25) is 9.69 Å². The highest BCUT2D eigenvalue weighted by Gasteiger charge is 2.20. The van der Waals surface area contributed by atoms with E-state index in [1.807, 2.05) is 13.0 Å². The molecular formula is C17H29ClN2O. The summed E-state index contributed by atoms with van der Waals surface area (Å²) < 4.78 is 2.23. The van der Waals surface area contributed by atoms with Crippen LogP contribution in [0.5, 0.6) is 0 Å². The van der Waals surface area contributed by atoms with Gasteiger partial charge in [-0.15, -0.1) is 11.6 Å². The Morgan fingerprint density at radius 2 is 1.71 bits per heavy atom. The molecule has 3 nitrogen and oxygen atoms in total. The molecular weight excluding hydrogens is 284 g/mol. The number of Topliss-reactive ketones (excluding diaryl/α,β-unsaturated/α-hetero) is 1. The van der Waals surface area contributed by atoms with Crippen LogP contribution in [0.3, 0.4) is 0 Å². The summed E-state index contributed by atoms with van der Waals surface area (Å²) in [6.07, 6.45) is 0. The van der Waals surface area contributed by atoms with Gasteiger partial charge in [0.25, 0.3) is 0 Å². The number of hydrogen-bond acceptors (Lipinski definition) is 2. The Morgan fingerprint density at radius 1 is 1.19 bits per heavy atom. The summed E-state index contributed by atoms with van der Waals surface area (Å²) in [6, 6.07) is 3.00. The molecule has 0 saturated carbocycles. The highest BCUT2D eigenvalue weighted by atomic mass is 35.5. The number of rotatable bonds is 7. The predicted octanol–water partition coefficient (Wildman–Crippen LogP) is 4.03. The number of ketones is 1. The predicted molar refractivity (Wildman–Crippen MR) is 90.5 cm³/mol. The summed E-state index contributed by atoms with van der Waals surface area (Å²) in [6.45, 7) is 16.6. The van der Waals surface area contributed by atoms with Gasteiger partial charge in [0.15, 0.2) is 5.78 Å². The van der Waals surface area contributed by atoms with E-state index in [0.29, 0.717) is 12.1 Å². The fourth-order valence-corrected chi connectivity index (χ4v) is 3.05. The molecule has 0 radical (unpaired) electrons. The summed E-state index contributed by atoms with van der Waals surface area (Å²) in [5.74, 6) is 0.0144. The number of aryl methyl sites for hydroxylation is 1. The average Bonchev–Trinajstić information content (AvgIpc) is 2.64. The molecule has 1 unspecified atom stereocenters. The fourth-order valence-electron chi connectivity index (χ4n) is 2.94. The minimum atomic E-state index is -0.471. The van der Waals surface area contributed by atoms with Crippen LogP contribution in [0.15, 0.2) is 6.07 Å². The summed E-state index contributed by atoms with van der Waals surface area (Å²) in [7, 11) is 0. The maximum atomic E-state index is 12.1. The third-order valence-electron chi connectivity index (χ3n) is 4.11. The number of alkyl halides is 1. The van der Waals surface area contributed by atoms with E-state index in [1.165, 1.54) is 0 Å². The van der Waals surface area contributed by atoms with E-state index in [-0.39, 0.29) is 5.78 Å². The topological polar surface area (TPSA) is 25.2 Å². The first-order chi connectivity index (χ1) is 9.66. The number of aromatic nitrogens is 1. The molecule has 120 valence electrons. The first-order valence-electron chi connectivity index (χ1n) is 7.77. The number of carbonyl (C=O) groups excluding carboxylic acids is 1. The molecule has 0 N–H and O–H groups in total. The maximum Gasteiger partial charge on any atom is 0.182 e. The van der Waals surface area contributed by atoms with Crippen LogP contribution >= 0.6 is 11.6 Å². The Bertz CT molecular complexity index is 481. The van der Waals surface area contributed by atoms with E-state index in [2.05, 4.69) is 44.1 Å². The minimum absolute atomic E-state index is 0.0144. The van der Waals surface area contributed by atoms with Gasteiger partial charge in [-0.05, 0) is 54.5 Å². The molecule has 0 aliphatic rings. The van der Waals surface area contributed by atoms with E-state index in [1.54, 1.807) is 6.92 Å². The van der Waals surface area contributed by atoms with E-state index in [4.69, 9.17) is 11.6 Å². The lowest BCUT2D eigenvalue weighted by atomic mass is 10.1. The Hall–Kier alpha value is -0.800.